The van der Waals surface area contributed by atoms with Gasteiger partial charge in [0.1, 0.15) is 0 Å². The third-order valence-electron chi connectivity index (χ3n) is 3.18. The van der Waals surface area contributed by atoms with Crippen molar-refractivity contribution in [2.45, 2.75) is 6.54 Å². The molecule has 7 heteroatoms. The van der Waals surface area contributed by atoms with Crippen LogP contribution >= 0.6 is 0 Å². The van der Waals surface area contributed by atoms with E-state index in [-0.39, 0.29) is 5.91 Å². The third kappa shape index (κ3) is 2.98. The van der Waals surface area contributed by atoms with Gasteiger partial charge in [0.25, 0.3) is 5.91 Å². The highest BCUT2D eigenvalue weighted by atomic mass is 16.1. The molecule has 0 fully saturated rings. The molecule has 1 N–H and O–H groups in total. The van der Waals surface area contributed by atoms with Crippen molar-refractivity contribution < 1.29 is 4.79 Å². The highest BCUT2D eigenvalue weighted by Crippen LogP contribution is 2.16. The Bertz CT molecular complexity index is 783. The van der Waals surface area contributed by atoms with Crippen LogP contribution in [0.2, 0.25) is 0 Å². The first kappa shape index (κ1) is 13.9. The van der Waals surface area contributed by atoms with Gasteiger partial charge in [-0.15, -0.1) is 5.10 Å². The molecule has 7 nitrogen and oxygen atoms in total. The maximum atomic E-state index is 12.2. The Kier molecular flexibility index (Phi) is 3.86. The van der Waals surface area contributed by atoms with Crippen LogP contribution in [0.25, 0.3) is 11.4 Å². The van der Waals surface area contributed by atoms with Gasteiger partial charge in [-0.3, -0.25) is 9.78 Å². The minimum absolute atomic E-state index is 0.152. The minimum atomic E-state index is -0.152. The van der Waals surface area contributed by atoms with E-state index in [0.717, 1.165) is 11.1 Å². The van der Waals surface area contributed by atoms with Gasteiger partial charge in [-0.2, -0.15) is 0 Å². The first-order chi connectivity index (χ1) is 10.7. The predicted molar refractivity (Wildman–Crippen MR) is 79.6 cm³/mol. The first-order valence-corrected chi connectivity index (χ1v) is 6.74. The van der Waals surface area contributed by atoms with Crippen LogP contribution in [0.15, 0.2) is 48.8 Å². The van der Waals surface area contributed by atoms with Crippen molar-refractivity contribution in [3.05, 3.63) is 59.9 Å². The summed E-state index contributed by atoms with van der Waals surface area (Å²) >= 11 is 0. The Hall–Kier alpha value is -3.09. The summed E-state index contributed by atoms with van der Waals surface area (Å²) in [5.74, 6) is 0.461. The molecule has 2 heterocycles. The predicted octanol–water partition coefficient (Wildman–Crippen LogP) is 1.20. The molecule has 0 spiro atoms. The maximum absolute atomic E-state index is 12.2. The van der Waals surface area contributed by atoms with E-state index in [1.165, 1.54) is 0 Å². The van der Waals surface area contributed by atoms with E-state index >= 15 is 0 Å². The smallest absolute Gasteiger partial charge is 0.251 e. The van der Waals surface area contributed by atoms with Gasteiger partial charge in [0.2, 0.25) is 0 Å². The second-order valence-corrected chi connectivity index (χ2v) is 4.75. The highest BCUT2D eigenvalue weighted by Gasteiger charge is 2.10. The van der Waals surface area contributed by atoms with E-state index < -0.39 is 0 Å². The molecular formula is C15H14N6O. The molecule has 0 radical (unpaired) electrons. The zero-order valence-corrected chi connectivity index (χ0v) is 12.0. The summed E-state index contributed by atoms with van der Waals surface area (Å²) in [5, 5.41) is 14.2. The summed E-state index contributed by atoms with van der Waals surface area (Å²) in [6, 6.07) is 10.9. The summed E-state index contributed by atoms with van der Waals surface area (Å²) in [6.45, 7) is 0.433. The number of tetrazole rings is 1. The summed E-state index contributed by atoms with van der Waals surface area (Å²) in [5.41, 5.74) is 2.30. The fourth-order valence-corrected chi connectivity index (χ4v) is 2.06. The number of rotatable bonds is 4. The molecule has 0 saturated heterocycles. The number of nitrogens with one attached hydrogen (secondary N) is 1. The van der Waals surface area contributed by atoms with Crippen LogP contribution in [0.3, 0.4) is 0 Å². The fraction of sp³-hybridized carbons (Fsp3) is 0.133. The van der Waals surface area contributed by atoms with Gasteiger partial charge in [0, 0.05) is 37.1 Å². The SMILES string of the molecule is Cn1nnnc1-c1cccc(C(=O)NCc2cccnc2)c1. The molecule has 22 heavy (non-hydrogen) atoms. The number of pyridine rings is 1. The highest BCUT2D eigenvalue weighted by molar-refractivity contribution is 5.95. The van der Waals surface area contributed by atoms with E-state index in [4.69, 9.17) is 0 Å². The number of hydrogen-bond donors (Lipinski definition) is 1. The number of nitrogens with zero attached hydrogens (tertiary/aromatic N) is 5. The van der Waals surface area contributed by atoms with Crippen LogP contribution in [-0.2, 0) is 13.6 Å². The van der Waals surface area contributed by atoms with Crippen LogP contribution in [0.4, 0.5) is 0 Å². The number of hydrogen-bond acceptors (Lipinski definition) is 5. The summed E-state index contributed by atoms with van der Waals surface area (Å²) in [4.78, 5) is 16.3. The molecule has 0 saturated carbocycles. The molecule has 0 atom stereocenters. The monoisotopic (exact) mass is 294 g/mol. The standard InChI is InChI=1S/C15H14N6O/c1-21-14(18-19-20-21)12-5-2-6-13(8-12)15(22)17-10-11-4-3-7-16-9-11/h2-9H,10H2,1H3,(H,17,22). The second kappa shape index (κ2) is 6.13. The van der Waals surface area contributed by atoms with Crippen LogP contribution in [-0.4, -0.2) is 31.1 Å². The lowest BCUT2D eigenvalue weighted by molar-refractivity contribution is 0.0951. The van der Waals surface area contributed by atoms with Gasteiger partial charge in [-0.25, -0.2) is 4.68 Å². The number of aromatic nitrogens is 5. The third-order valence-corrected chi connectivity index (χ3v) is 3.18. The molecule has 3 aromatic rings. The maximum Gasteiger partial charge on any atom is 0.251 e. The molecular weight excluding hydrogens is 280 g/mol. The Morgan fingerprint density at radius 3 is 2.91 bits per heavy atom. The minimum Gasteiger partial charge on any atom is -0.348 e. The molecule has 0 aliphatic carbocycles. The van der Waals surface area contributed by atoms with Crippen molar-refractivity contribution >= 4 is 5.91 Å². The van der Waals surface area contributed by atoms with E-state index in [1.54, 1.807) is 36.3 Å². The average Bonchev–Trinajstić information content (AvgIpc) is 3.00. The number of amides is 1. The molecule has 1 aromatic carbocycles. The van der Waals surface area contributed by atoms with Crippen LogP contribution in [0.1, 0.15) is 15.9 Å². The van der Waals surface area contributed by atoms with Crippen molar-refractivity contribution in [1.82, 2.24) is 30.5 Å². The molecule has 0 unspecified atom stereocenters. The van der Waals surface area contributed by atoms with E-state index in [1.807, 2.05) is 24.3 Å². The molecule has 0 aliphatic rings. The van der Waals surface area contributed by atoms with E-state index in [9.17, 15) is 4.79 Å². The van der Waals surface area contributed by atoms with Crippen LogP contribution in [0, 0.1) is 0 Å². The normalized spacial score (nSPS) is 10.4. The summed E-state index contributed by atoms with van der Waals surface area (Å²) in [6.07, 6.45) is 3.42. The summed E-state index contributed by atoms with van der Waals surface area (Å²) in [7, 11) is 1.75. The molecule has 0 aliphatic heterocycles. The molecule has 110 valence electrons. The molecule has 2 aromatic heterocycles. The number of benzene rings is 1. The quantitative estimate of drug-likeness (QED) is 0.781. The van der Waals surface area contributed by atoms with Gasteiger partial charge in [0.15, 0.2) is 5.82 Å². The van der Waals surface area contributed by atoms with Gasteiger partial charge >= 0.3 is 0 Å². The van der Waals surface area contributed by atoms with E-state index in [0.29, 0.717) is 17.9 Å². The van der Waals surface area contributed by atoms with Crippen molar-refractivity contribution in [3.63, 3.8) is 0 Å². The molecule has 3 rings (SSSR count). The second-order valence-electron chi connectivity index (χ2n) is 4.75. The average molecular weight is 294 g/mol. The van der Waals surface area contributed by atoms with Crippen LogP contribution < -0.4 is 5.32 Å². The zero-order chi connectivity index (χ0) is 15.4. The number of carbonyl (C=O) groups excluding carboxylic acids is 1. The molecule has 1 amide bonds. The Labute approximate surface area is 127 Å². The van der Waals surface area contributed by atoms with E-state index in [2.05, 4.69) is 25.8 Å². The van der Waals surface area contributed by atoms with Gasteiger partial charge < -0.3 is 5.32 Å². The van der Waals surface area contributed by atoms with Crippen molar-refractivity contribution in [2.24, 2.45) is 7.05 Å². The lowest BCUT2D eigenvalue weighted by Gasteiger charge is -2.06. The Morgan fingerprint density at radius 1 is 1.27 bits per heavy atom. The lowest BCUT2D eigenvalue weighted by Crippen LogP contribution is -2.22. The Morgan fingerprint density at radius 2 is 2.18 bits per heavy atom. The van der Waals surface area contributed by atoms with Crippen molar-refractivity contribution in [1.29, 1.82) is 0 Å². The van der Waals surface area contributed by atoms with Crippen molar-refractivity contribution in [3.8, 4) is 11.4 Å². The number of aryl methyl sites for hydroxylation is 1. The van der Waals surface area contributed by atoms with Crippen molar-refractivity contribution in [2.75, 3.05) is 0 Å². The van der Waals surface area contributed by atoms with Crippen LogP contribution in [0.5, 0.6) is 0 Å². The number of carbonyl (C=O) groups is 1. The topological polar surface area (TPSA) is 85.6 Å². The van der Waals surface area contributed by atoms with Gasteiger partial charge in [0.05, 0.1) is 0 Å². The lowest BCUT2D eigenvalue weighted by atomic mass is 10.1. The Balaban J connectivity index is 1.75. The van der Waals surface area contributed by atoms with Gasteiger partial charge in [-0.05, 0) is 34.2 Å². The fourth-order valence-electron chi connectivity index (χ4n) is 2.06. The summed E-state index contributed by atoms with van der Waals surface area (Å²) < 4.78 is 1.56. The molecule has 0 bridgehead atoms. The largest absolute Gasteiger partial charge is 0.348 e. The van der Waals surface area contributed by atoms with Gasteiger partial charge in [-0.1, -0.05) is 18.2 Å². The zero-order valence-electron chi connectivity index (χ0n) is 12.0. The first-order valence-electron chi connectivity index (χ1n) is 6.74.